The van der Waals surface area contributed by atoms with E-state index in [4.69, 9.17) is 9.47 Å². The van der Waals surface area contributed by atoms with Crippen molar-refractivity contribution in [1.29, 1.82) is 0 Å². The molecule has 4 fully saturated rings. The third kappa shape index (κ3) is 3.73. The molecule has 2 N–H and O–H groups in total. The monoisotopic (exact) mass is 511 g/mol. The Labute approximate surface area is 213 Å². The lowest BCUT2D eigenvalue weighted by Crippen LogP contribution is -2.53. The quantitative estimate of drug-likeness (QED) is 0.602. The number of urea groups is 1. The van der Waals surface area contributed by atoms with Gasteiger partial charge in [0.15, 0.2) is 0 Å². The SMILES string of the molecule is CNC(=O)Nc1ccc2c(c1)CCC21OC(=O)N(CC(=O)N2CCC[C@H]2C(=O)N2CC3CC2CO3)C1=O. The lowest BCUT2D eigenvalue weighted by atomic mass is 9.94. The van der Waals surface area contributed by atoms with E-state index in [9.17, 15) is 24.0 Å². The van der Waals surface area contributed by atoms with Crippen LogP contribution in [0.5, 0.6) is 0 Å². The summed E-state index contributed by atoms with van der Waals surface area (Å²) in [7, 11) is 1.51. The minimum absolute atomic E-state index is 0.0551. The van der Waals surface area contributed by atoms with E-state index in [0.29, 0.717) is 50.2 Å². The van der Waals surface area contributed by atoms with E-state index in [1.165, 1.54) is 11.9 Å². The highest BCUT2D eigenvalue weighted by molar-refractivity contribution is 6.06. The van der Waals surface area contributed by atoms with Crippen molar-refractivity contribution in [3.63, 3.8) is 0 Å². The Morgan fingerprint density at radius 1 is 1.19 bits per heavy atom. The molecule has 0 aromatic heterocycles. The van der Waals surface area contributed by atoms with E-state index in [2.05, 4.69) is 10.6 Å². The van der Waals surface area contributed by atoms with E-state index < -0.39 is 36.1 Å². The molecule has 3 unspecified atom stereocenters. The summed E-state index contributed by atoms with van der Waals surface area (Å²) < 4.78 is 11.2. The molecule has 1 aromatic rings. The number of carbonyl (C=O) groups is 5. The summed E-state index contributed by atoms with van der Waals surface area (Å²) in [6.45, 7) is 1.00. The summed E-state index contributed by atoms with van der Waals surface area (Å²) in [4.78, 5) is 68.7. The Kier molecular flexibility index (Phi) is 5.59. The number of amides is 6. The van der Waals surface area contributed by atoms with Gasteiger partial charge < -0.3 is 29.9 Å². The second kappa shape index (κ2) is 8.72. The maximum atomic E-state index is 13.5. The van der Waals surface area contributed by atoms with Crippen LogP contribution in [-0.2, 0) is 35.9 Å². The standard InChI is InChI=1S/C25H29N5O7/c1-26-23(34)27-15-4-5-18-14(9-15)6-7-25(18)22(33)30(24(35)37-25)12-20(31)28-8-2-3-19(28)21(32)29-11-17-10-16(29)13-36-17/h4-5,9,16-17,19H,2-3,6-8,10-13H2,1H3,(H2,26,27,34)/t16?,17?,19-,25?/m0/s1. The molecule has 6 amide bonds. The van der Waals surface area contributed by atoms with Crippen LogP contribution in [0.1, 0.15) is 36.8 Å². The lowest BCUT2D eigenvalue weighted by Gasteiger charge is -2.33. The molecule has 6 rings (SSSR count). The summed E-state index contributed by atoms with van der Waals surface area (Å²) in [5.41, 5.74) is 0.426. The van der Waals surface area contributed by atoms with Crippen LogP contribution in [0, 0.1) is 0 Å². The first kappa shape index (κ1) is 23.7. The molecule has 1 spiro atoms. The fourth-order valence-corrected chi connectivity index (χ4v) is 6.33. The molecule has 4 aliphatic heterocycles. The van der Waals surface area contributed by atoms with Crippen molar-refractivity contribution in [3.05, 3.63) is 29.3 Å². The van der Waals surface area contributed by atoms with Crippen molar-refractivity contribution in [3.8, 4) is 0 Å². The van der Waals surface area contributed by atoms with Gasteiger partial charge in [0.1, 0.15) is 12.6 Å². The zero-order chi connectivity index (χ0) is 25.9. The van der Waals surface area contributed by atoms with Gasteiger partial charge in [-0.1, -0.05) is 6.07 Å². The Bertz CT molecular complexity index is 1200. The van der Waals surface area contributed by atoms with Crippen LogP contribution < -0.4 is 10.6 Å². The maximum Gasteiger partial charge on any atom is 0.418 e. The fraction of sp³-hybridized carbons (Fsp3) is 0.560. The minimum atomic E-state index is -1.48. The van der Waals surface area contributed by atoms with Gasteiger partial charge in [-0.05, 0) is 43.4 Å². The van der Waals surface area contributed by atoms with Crippen molar-refractivity contribution >= 4 is 35.5 Å². The van der Waals surface area contributed by atoms with E-state index in [1.807, 2.05) is 4.90 Å². The van der Waals surface area contributed by atoms with E-state index in [0.717, 1.165) is 16.9 Å². The normalized spacial score (nSPS) is 29.8. The van der Waals surface area contributed by atoms with Crippen LogP contribution in [0.4, 0.5) is 15.3 Å². The van der Waals surface area contributed by atoms with Crippen LogP contribution in [0.2, 0.25) is 0 Å². The predicted molar refractivity (Wildman–Crippen MR) is 127 cm³/mol. The highest BCUT2D eigenvalue weighted by Gasteiger charge is 2.58. The van der Waals surface area contributed by atoms with Crippen LogP contribution in [0.15, 0.2) is 18.2 Å². The zero-order valence-corrected chi connectivity index (χ0v) is 20.5. The fourth-order valence-electron chi connectivity index (χ4n) is 6.33. The molecule has 1 aromatic carbocycles. The third-order valence-corrected chi connectivity index (χ3v) is 8.18. The Morgan fingerprint density at radius 3 is 2.76 bits per heavy atom. The number of hydrogen-bond acceptors (Lipinski definition) is 7. The highest BCUT2D eigenvalue weighted by atomic mass is 16.6. The lowest BCUT2D eigenvalue weighted by molar-refractivity contribution is -0.148. The first-order valence-corrected chi connectivity index (χ1v) is 12.7. The number of nitrogens with one attached hydrogen (secondary N) is 2. The molecule has 0 saturated carbocycles. The largest absolute Gasteiger partial charge is 0.427 e. The first-order valence-electron chi connectivity index (χ1n) is 12.7. The number of anilines is 1. The average Bonchev–Trinajstić information content (AvgIpc) is 3.71. The molecular formula is C25H29N5O7. The first-order chi connectivity index (χ1) is 17.8. The van der Waals surface area contributed by atoms with Gasteiger partial charge in [0.05, 0.1) is 18.8 Å². The number of rotatable bonds is 4. The van der Waals surface area contributed by atoms with Crippen LogP contribution >= 0.6 is 0 Å². The third-order valence-electron chi connectivity index (χ3n) is 8.18. The molecule has 0 radical (unpaired) electrons. The molecule has 196 valence electrons. The van der Waals surface area contributed by atoms with Crippen LogP contribution in [-0.4, -0.2) is 96.0 Å². The van der Waals surface area contributed by atoms with Gasteiger partial charge in [0, 0.05) is 37.8 Å². The molecular weight excluding hydrogens is 482 g/mol. The van der Waals surface area contributed by atoms with Gasteiger partial charge in [-0.3, -0.25) is 14.4 Å². The number of imide groups is 1. The Hall–Kier alpha value is -3.67. The van der Waals surface area contributed by atoms with Crippen LogP contribution in [0.25, 0.3) is 0 Å². The molecule has 4 atom stereocenters. The summed E-state index contributed by atoms with van der Waals surface area (Å²) in [6, 6.07) is 4.17. The summed E-state index contributed by atoms with van der Waals surface area (Å²) in [5.74, 6) is -1.10. The number of carbonyl (C=O) groups excluding carboxylic acids is 5. The molecule has 4 heterocycles. The van der Waals surface area contributed by atoms with Crippen molar-refractivity contribution in [2.75, 3.05) is 38.6 Å². The van der Waals surface area contributed by atoms with Gasteiger partial charge in [0.2, 0.25) is 17.4 Å². The number of aryl methyl sites for hydroxylation is 1. The number of fused-ring (bicyclic) bond motifs is 4. The molecule has 2 bridgehead atoms. The second-order valence-electron chi connectivity index (χ2n) is 10.2. The van der Waals surface area contributed by atoms with Gasteiger partial charge in [-0.25, -0.2) is 14.5 Å². The number of likely N-dealkylation sites (tertiary alicyclic amines) is 2. The number of benzene rings is 1. The molecule has 1 aliphatic carbocycles. The molecule has 12 heteroatoms. The van der Waals surface area contributed by atoms with Crippen molar-refractivity contribution in [2.45, 2.75) is 55.9 Å². The van der Waals surface area contributed by atoms with Crippen molar-refractivity contribution < 1.29 is 33.4 Å². The van der Waals surface area contributed by atoms with Gasteiger partial charge >= 0.3 is 12.1 Å². The number of nitrogens with zero attached hydrogens (tertiary/aromatic N) is 3. The number of hydrogen-bond donors (Lipinski definition) is 2. The van der Waals surface area contributed by atoms with Crippen molar-refractivity contribution in [2.24, 2.45) is 0 Å². The average molecular weight is 512 g/mol. The van der Waals surface area contributed by atoms with Gasteiger partial charge in [-0.15, -0.1) is 0 Å². The summed E-state index contributed by atoms with van der Waals surface area (Å²) in [5, 5.41) is 5.16. The molecule has 5 aliphatic rings. The van der Waals surface area contributed by atoms with Crippen molar-refractivity contribution in [1.82, 2.24) is 20.0 Å². The van der Waals surface area contributed by atoms with E-state index >= 15 is 0 Å². The zero-order valence-electron chi connectivity index (χ0n) is 20.5. The topological polar surface area (TPSA) is 138 Å². The predicted octanol–water partition coefficient (Wildman–Crippen LogP) is 0.549. The summed E-state index contributed by atoms with van der Waals surface area (Å²) >= 11 is 0. The Morgan fingerprint density at radius 2 is 2.03 bits per heavy atom. The van der Waals surface area contributed by atoms with E-state index in [-0.39, 0.29) is 30.5 Å². The maximum absolute atomic E-state index is 13.5. The number of morpholine rings is 1. The highest BCUT2D eigenvalue weighted by Crippen LogP contribution is 2.46. The van der Waals surface area contributed by atoms with Gasteiger partial charge in [0.25, 0.3) is 5.91 Å². The van der Waals surface area contributed by atoms with Crippen LogP contribution in [0.3, 0.4) is 0 Å². The second-order valence-corrected chi connectivity index (χ2v) is 10.2. The summed E-state index contributed by atoms with van der Waals surface area (Å²) in [6.07, 6.45) is 2.00. The molecule has 4 saturated heterocycles. The molecule has 37 heavy (non-hydrogen) atoms. The Balaban J connectivity index is 1.16. The van der Waals surface area contributed by atoms with E-state index in [1.54, 1.807) is 18.2 Å². The van der Waals surface area contributed by atoms with Gasteiger partial charge in [-0.2, -0.15) is 0 Å². The smallest absolute Gasteiger partial charge is 0.418 e. The minimum Gasteiger partial charge on any atom is -0.427 e. The molecule has 12 nitrogen and oxygen atoms in total. The number of ether oxygens (including phenoxy) is 2.